The van der Waals surface area contributed by atoms with Crippen molar-refractivity contribution in [3.63, 3.8) is 0 Å². The van der Waals surface area contributed by atoms with Gasteiger partial charge >= 0.3 is 6.18 Å². The Morgan fingerprint density at radius 1 is 1.09 bits per heavy atom. The minimum Gasteiger partial charge on any atom is -0.398 e. The topological polar surface area (TPSA) is 127 Å². The highest BCUT2D eigenvalue weighted by Crippen LogP contribution is 2.24. The van der Waals surface area contributed by atoms with Crippen molar-refractivity contribution in [1.82, 2.24) is 9.97 Å². The lowest BCUT2D eigenvalue weighted by Crippen LogP contribution is -2.22. The van der Waals surface area contributed by atoms with Gasteiger partial charge in [0.15, 0.2) is 15.7 Å². The van der Waals surface area contributed by atoms with Crippen molar-refractivity contribution in [2.24, 2.45) is 10.7 Å². The number of amides is 1. The highest BCUT2D eigenvalue weighted by molar-refractivity contribution is 7.90. The molecule has 2 aromatic heterocycles. The summed E-state index contributed by atoms with van der Waals surface area (Å²) in [6.07, 6.45) is 0.805. The zero-order valence-corrected chi connectivity index (χ0v) is 18.4. The van der Waals surface area contributed by atoms with Crippen LogP contribution in [0.3, 0.4) is 0 Å². The molecule has 176 valence electrons. The Balaban J connectivity index is 1.81. The van der Waals surface area contributed by atoms with Crippen molar-refractivity contribution in [3.8, 4) is 0 Å². The van der Waals surface area contributed by atoms with E-state index in [2.05, 4.69) is 20.3 Å². The number of aromatic nitrogens is 2. The molecule has 0 aliphatic rings. The number of carbonyl (C=O) groups excluding carboxylic acids is 1. The zero-order valence-electron chi connectivity index (χ0n) is 17.6. The molecule has 0 radical (unpaired) electrons. The van der Waals surface area contributed by atoms with Crippen LogP contribution < -0.4 is 11.1 Å². The van der Waals surface area contributed by atoms with Crippen LogP contribution in [-0.4, -0.2) is 42.4 Å². The number of anilines is 1. The first-order valence-electron chi connectivity index (χ1n) is 9.54. The van der Waals surface area contributed by atoms with Crippen LogP contribution in [0, 0.1) is 0 Å². The number of rotatable bonds is 6. The van der Waals surface area contributed by atoms with Gasteiger partial charge in [-0.3, -0.25) is 9.78 Å². The predicted octanol–water partition coefficient (Wildman–Crippen LogP) is 3.77. The van der Waals surface area contributed by atoms with Crippen LogP contribution in [0.2, 0.25) is 0 Å². The zero-order chi connectivity index (χ0) is 24.9. The molecule has 0 fully saturated rings. The Morgan fingerprint density at radius 3 is 2.41 bits per heavy atom. The number of aliphatic imine (C=N–C) groups is 1. The van der Waals surface area contributed by atoms with Crippen molar-refractivity contribution in [3.05, 3.63) is 84.3 Å². The Bertz CT molecular complexity index is 1350. The molecule has 0 saturated heterocycles. The predicted molar refractivity (Wildman–Crippen MR) is 121 cm³/mol. The van der Waals surface area contributed by atoms with Gasteiger partial charge < -0.3 is 11.1 Å². The van der Waals surface area contributed by atoms with E-state index in [1.165, 1.54) is 60.9 Å². The third-order valence-electron chi connectivity index (χ3n) is 4.34. The number of hydrogen-bond donors (Lipinski definition) is 2. The monoisotopic (exact) mass is 489 g/mol. The Kier molecular flexibility index (Phi) is 7.11. The maximum Gasteiger partial charge on any atom is 0.433 e. The van der Waals surface area contributed by atoms with Gasteiger partial charge in [0.05, 0.1) is 16.8 Å². The van der Waals surface area contributed by atoms with Crippen LogP contribution >= 0.6 is 0 Å². The lowest BCUT2D eigenvalue weighted by Gasteiger charge is -2.09. The van der Waals surface area contributed by atoms with Crippen molar-refractivity contribution in [2.75, 3.05) is 11.6 Å². The van der Waals surface area contributed by atoms with Crippen molar-refractivity contribution in [1.29, 1.82) is 0 Å². The van der Waals surface area contributed by atoms with Gasteiger partial charge in [-0.25, -0.2) is 18.4 Å². The number of hydrogen-bond acceptors (Lipinski definition) is 7. The summed E-state index contributed by atoms with van der Waals surface area (Å²) in [7, 11) is -3.50. The molecule has 3 N–H and O–H groups in total. The molecular formula is C22H18F3N5O3S. The average molecular weight is 489 g/mol. The molecule has 8 nitrogen and oxygen atoms in total. The quantitative estimate of drug-likeness (QED) is 0.508. The number of nitrogens with one attached hydrogen (secondary N) is 1. The molecule has 1 amide bonds. The normalized spacial score (nSPS) is 12.9. The molecule has 0 aliphatic heterocycles. The van der Waals surface area contributed by atoms with E-state index in [0.717, 1.165) is 12.5 Å². The second kappa shape index (κ2) is 9.83. The van der Waals surface area contributed by atoms with Gasteiger partial charge in [-0.05, 0) is 48.5 Å². The maximum atomic E-state index is 13.5. The van der Waals surface area contributed by atoms with E-state index in [9.17, 15) is 26.4 Å². The molecule has 0 atom stereocenters. The fourth-order valence-electron chi connectivity index (χ4n) is 2.66. The highest BCUT2D eigenvalue weighted by atomic mass is 32.2. The van der Waals surface area contributed by atoms with Crippen molar-refractivity contribution < 1.29 is 26.4 Å². The first-order valence-corrected chi connectivity index (χ1v) is 11.4. The lowest BCUT2D eigenvalue weighted by molar-refractivity contribution is -0.0576. The van der Waals surface area contributed by atoms with E-state index in [4.69, 9.17) is 5.73 Å². The summed E-state index contributed by atoms with van der Waals surface area (Å²) < 4.78 is 63.7. The van der Waals surface area contributed by atoms with Gasteiger partial charge in [-0.15, -0.1) is 0 Å². The van der Waals surface area contributed by atoms with Crippen molar-refractivity contribution >= 4 is 38.7 Å². The molecule has 3 aromatic rings. The third-order valence-corrected chi connectivity index (χ3v) is 5.45. The summed E-state index contributed by atoms with van der Waals surface area (Å²) in [5.41, 5.74) is 4.86. The van der Waals surface area contributed by atoms with E-state index >= 15 is 0 Å². The molecule has 0 saturated carbocycles. The average Bonchev–Trinajstić information content (AvgIpc) is 2.79. The van der Waals surface area contributed by atoms with Crippen LogP contribution in [0.15, 0.2) is 83.1 Å². The van der Waals surface area contributed by atoms with Gasteiger partial charge in [0.25, 0.3) is 5.91 Å². The largest absolute Gasteiger partial charge is 0.433 e. The van der Waals surface area contributed by atoms with Crippen LogP contribution in [0.25, 0.3) is 5.70 Å². The SMILES string of the molecule is CS(=O)(=O)c1cccc(C(=O)Nc2ccc(N=C(C=C(N)c3cccnc3)C(F)(F)F)nc2)c1. The summed E-state index contributed by atoms with van der Waals surface area (Å²) in [5, 5.41) is 2.50. The third kappa shape index (κ3) is 6.48. The van der Waals surface area contributed by atoms with Crippen LogP contribution in [0.1, 0.15) is 15.9 Å². The summed E-state index contributed by atoms with van der Waals surface area (Å²) in [5.74, 6) is -0.883. The van der Waals surface area contributed by atoms with Gasteiger partial charge in [-0.2, -0.15) is 13.2 Å². The van der Waals surface area contributed by atoms with E-state index in [1.54, 1.807) is 0 Å². The van der Waals surface area contributed by atoms with Crippen LogP contribution in [0.4, 0.5) is 24.7 Å². The van der Waals surface area contributed by atoms with Gasteiger partial charge in [0.2, 0.25) is 0 Å². The van der Waals surface area contributed by atoms with E-state index in [-0.39, 0.29) is 27.7 Å². The number of halogens is 3. The standard InChI is InChI=1S/C22H18F3N5O3S/c1-34(32,33)17-6-2-4-14(10-17)21(31)29-16-7-8-20(28-13-16)30-19(22(23,24)25)11-18(26)15-5-3-9-27-12-15/h2-13H,26H2,1H3,(H,29,31). The molecule has 1 aromatic carbocycles. The maximum absolute atomic E-state index is 13.5. The molecule has 3 rings (SSSR count). The fraction of sp³-hybridized carbons (Fsp3) is 0.0909. The number of carbonyl (C=O) groups is 1. The summed E-state index contributed by atoms with van der Waals surface area (Å²) >= 11 is 0. The lowest BCUT2D eigenvalue weighted by atomic mass is 10.2. The number of sulfone groups is 1. The molecule has 0 bridgehead atoms. The number of allylic oxidation sites excluding steroid dienone is 1. The number of nitrogens with zero attached hydrogens (tertiary/aromatic N) is 3. The van der Waals surface area contributed by atoms with Gasteiger partial charge in [0.1, 0.15) is 5.71 Å². The molecule has 34 heavy (non-hydrogen) atoms. The van der Waals surface area contributed by atoms with Crippen LogP contribution in [-0.2, 0) is 9.84 Å². The molecule has 12 heteroatoms. The summed E-state index contributed by atoms with van der Waals surface area (Å²) in [6.45, 7) is 0. The molecule has 0 unspecified atom stereocenters. The molecule has 0 aliphatic carbocycles. The number of pyridine rings is 2. The Labute approximate surface area is 193 Å². The van der Waals surface area contributed by atoms with Gasteiger partial charge in [0, 0.05) is 35.5 Å². The fourth-order valence-corrected chi connectivity index (χ4v) is 3.33. The van der Waals surface area contributed by atoms with Gasteiger partial charge in [-0.1, -0.05) is 6.07 Å². The number of nitrogens with two attached hydrogens (primary N) is 1. The molecule has 2 heterocycles. The molecule has 0 spiro atoms. The number of alkyl halides is 3. The van der Waals surface area contributed by atoms with E-state index in [1.807, 2.05) is 0 Å². The Hall–Kier alpha value is -4.06. The minimum absolute atomic E-state index is 0.0266. The summed E-state index contributed by atoms with van der Waals surface area (Å²) in [6, 6.07) is 10.9. The Morgan fingerprint density at radius 2 is 1.82 bits per heavy atom. The highest BCUT2D eigenvalue weighted by Gasteiger charge is 2.34. The van der Waals surface area contributed by atoms with Crippen LogP contribution in [0.5, 0.6) is 0 Å². The van der Waals surface area contributed by atoms with Crippen molar-refractivity contribution in [2.45, 2.75) is 11.1 Å². The number of benzene rings is 1. The minimum atomic E-state index is -4.80. The smallest absolute Gasteiger partial charge is 0.398 e. The van der Waals surface area contributed by atoms with E-state index in [0.29, 0.717) is 11.6 Å². The second-order valence-electron chi connectivity index (χ2n) is 7.00. The van der Waals surface area contributed by atoms with E-state index < -0.39 is 27.6 Å². The first kappa shape index (κ1) is 24.6. The summed E-state index contributed by atoms with van der Waals surface area (Å²) in [4.78, 5) is 23.6. The first-order chi connectivity index (χ1) is 15.9. The molecular weight excluding hydrogens is 471 g/mol. The second-order valence-corrected chi connectivity index (χ2v) is 9.01.